The lowest BCUT2D eigenvalue weighted by atomic mass is 10.1. The summed E-state index contributed by atoms with van der Waals surface area (Å²) >= 11 is 6.28. The smallest absolute Gasteiger partial charge is 0.336 e. The number of carboxylic acid groups (broad SMARTS) is 1. The standard InChI is InChI=1S/C26H20ClF2NO3/c1-15-3-7-19(13-20(15)26(31)32)30-16(2)4-9-24(30)21-12-18(27)6-10-25(21)33-14-17-5-8-22(28)23(29)11-17/h3-13H,14H2,1-2H3,(H,31,32). The molecule has 7 heteroatoms. The first-order chi connectivity index (χ1) is 15.7. The number of aromatic carboxylic acids is 1. The molecule has 0 saturated heterocycles. The minimum Gasteiger partial charge on any atom is -0.488 e. The summed E-state index contributed by atoms with van der Waals surface area (Å²) in [5, 5.41) is 10.0. The third-order valence-corrected chi connectivity index (χ3v) is 5.62. The summed E-state index contributed by atoms with van der Waals surface area (Å²) in [4.78, 5) is 11.7. The molecule has 4 rings (SSSR count). The lowest BCUT2D eigenvalue weighted by molar-refractivity contribution is 0.0696. The van der Waals surface area contributed by atoms with Crippen molar-refractivity contribution >= 4 is 17.6 Å². The topological polar surface area (TPSA) is 51.5 Å². The molecule has 0 amide bonds. The van der Waals surface area contributed by atoms with Crippen LogP contribution in [-0.2, 0) is 6.61 Å². The van der Waals surface area contributed by atoms with Crippen molar-refractivity contribution in [3.63, 3.8) is 0 Å². The van der Waals surface area contributed by atoms with Crippen molar-refractivity contribution in [3.05, 3.63) is 106 Å². The first-order valence-electron chi connectivity index (χ1n) is 10.1. The first-order valence-corrected chi connectivity index (χ1v) is 10.5. The third kappa shape index (κ3) is 4.61. The molecule has 1 N–H and O–H groups in total. The Kier molecular flexibility index (Phi) is 6.20. The lowest BCUT2D eigenvalue weighted by Gasteiger charge is -2.17. The van der Waals surface area contributed by atoms with Crippen LogP contribution in [0.25, 0.3) is 16.9 Å². The Morgan fingerprint density at radius 2 is 1.76 bits per heavy atom. The average molecular weight is 468 g/mol. The number of aryl methyl sites for hydroxylation is 2. The van der Waals surface area contributed by atoms with Gasteiger partial charge in [-0.2, -0.15) is 0 Å². The van der Waals surface area contributed by atoms with E-state index in [0.717, 1.165) is 23.5 Å². The van der Waals surface area contributed by atoms with Gasteiger partial charge in [0.25, 0.3) is 0 Å². The number of benzene rings is 3. The maximum Gasteiger partial charge on any atom is 0.336 e. The van der Waals surface area contributed by atoms with Crippen LogP contribution in [-0.4, -0.2) is 15.6 Å². The molecule has 0 aliphatic rings. The monoisotopic (exact) mass is 467 g/mol. The molecule has 33 heavy (non-hydrogen) atoms. The number of ether oxygens (including phenoxy) is 1. The van der Waals surface area contributed by atoms with E-state index in [0.29, 0.717) is 33.1 Å². The minimum atomic E-state index is -1.00. The summed E-state index contributed by atoms with van der Waals surface area (Å²) in [5.74, 6) is -2.36. The summed E-state index contributed by atoms with van der Waals surface area (Å²) in [7, 11) is 0. The number of hydrogen-bond donors (Lipinski definition) is 1. The third-order valence-electron chi connectivity index (χ3n) is 5.38. The van der Waals surface area contributed by atoms with Gasteiger partial charge in [0.1, 0.15) is 12.4 Å². The molecule has 4 nitrogen and oxygen atoms in total. The highest BCUT2D eigenvalue weighted by molar-refractivity contribution is 6.31. The van der Waals surface area contributed by atoms with Crippen LogP contribution in [0.1, 0.15) is 27.2 Å². The zero-order valence-electron chi connectivity index (χ0n) is 17.9. The number of nitrogens with zero attached hydrogens (tertiary/aromatic N) is 1. The summed E-state index contributed by atoms with van der Waals surface area (Å²) < 4.78 is 34.7. The minimum absolute atomic E-state index is 0.0270. The van der Waals surface area contributed by atoms with E-state index in [4.69, 9.17) is 16.3 Å². The van der Waals surface area contributed by atoms with E-state index >= 15 is 0 Å². The molecule has 0 unspecified atom stereocenters. The molecule has 0 aliphatic carbocycles. The normalized spacial score (nSPS) is 10.9. The van der Waals surface area contributed by atoms with Gasteiger partial charge < -0.3 is 14.4 Å². The maximum atomic E-state index is 13.6. The quantitative estimate of drug-likeness (QED) is 0.333. The van der Waals surface area contributed by atoms with E-state index in [-0.39, 0.29) is 12.2 Å². The van der Waals surface area contributed by atoms with Gasteiger partial charge in [0.15, 0.2) is 11.6 Å². The van der Waals surface area contributed by atoms with Gasteiger partial charge in [-0.25, -0.2) is 13.6 Å². The van der Waals surface area contributed by atoms with Gasteiger partial charge in [0.2, 0.25) is 0 Å². The number of hydrogen-bond acceptors (Lipinski definition) is 2. The van der Waals surface area contributed by atoms with Crippen LogP contribution < -0.4 is 4.74 Å². The highest BCUT2D eigenvalue weighted by atomic mass is 35.5. The number of rotatable bonds is 6. The van der Waals surface area contributed by atoms with Crippen LogP contribution in [0.4, 0.5) is 8.78 Å². The molecule has 0 saturated carbocycles. The fourth-order valence-electron chi connectivity index (χ4n) is 3.69. The van der Waals surface area contributed by atoms with Gasteiger partial charge in [0, 0.05) is 22.0 Å². The van der Waals surface area contributed by atoms with Crippen molar-refractivity contribution in [2.75, 3.05) is 0 Å². The summed E-state index contributed by atoms with van der Waals surface area (Å²) in [6.45, 7) is 3.69. The van der Waals surface area contributed by atoms with Gasteiger partial charge >= 0.3 is 5.97 Å². The molecule has 0 aliphatic heterocycles. The second-order valence-electron chi connectivity index (χ2n) is 7.68. The lowest BCUT2D eigenvalue weighted by Crippen LogP contribution is -2.05. The molecule has 0 atom stereocenters. The van der Waals surface area contributed by atoms with Gasteiger partial charge in [-0.3, -0.25) is 0 Å². The molecule has 4 aromatic rings. The van der Waals surface area contributed by atoms with Gasteiger partial charge in [0.05, 0.1) is 11.3 Å². The van der Waals surface area contributed by atoms with Crippen molar-refractivity contribution in [3.8, 4) is 22.7 Å². The Morgan fingerprint density at radius 1 is 0.970 bits per heavy atom. The van der Waals surface area contributed by atoms with Gasteiger partial charge in [-0.1, -0.05) is 23.7 Å². The summed E-state index contributed by atoms with van der Waals surface area (Å²) in [6.07, 6.45) is 0. The predicted octanol–water partition coefficient (Wildman–Crippen LogP) is 6.97. The zero-order valence-corrected chi connectivity index (χ0v) is 18.7. The second-order valence-corrected chi connectivity index (χ2v) is 8.11. The summed E-state index contributed by atoms with van der Waals surface area (Å²) in [6, 6.07) is 17.8. The molecule has 0 spiro atoms. The van der Waals surface area contributed by atoms with Crippen LogP contribution in [0.5, 0.6) is 5.75 Å². The van der Waals surface area contributed by atoms with Crippen molar-refractivity contribution in [1.82, 2.24) is 4.57 Å². The number of carboxylic acids is 1. The SMILES string of the molecule is Cc1ccc(-n2c(C)ccc2-c2cc(Cl)ccc2OCc2ccc(F)c(F)c2)cc1C(=O)O. The fraction of sp³-hybridized carbons (Fsp3) is 0.115. The molecular formula is C26H20ClF2NO3. The van der Waals surface area contributed by atoms with Crippen molar-refractivity contribution < 1.29 is 23.4 Å². The molecular weight excluding hydrogens is 448 g/mol. The van der Waals surface area contributed by atoms with Crippen LogP contribution in [0.2, 0.25) is 5.02 Å². The molecule has 0 fully saturated rings. The van der Waals surface area contributed by atoms with Crippen LogP contribution in [0.3, 0.4) is 0 Å². The van der Waals surface area contributed by atoms with Crippen molar-refractivity contribution in [2.24, 2.45) is 0 Å². The Bertz CT molecular complexity index is 1360. The van der Waals surface area contributed by atoms with Crippen LogP contribution in [0.15, 0.2) is 66.7 Å². The largest absolute Gasteiger partial charge is 0.488 e. The number of carbonyl (C=O) groups is 1. The summed E-state index contributed by atoms with van der Waals surface area (Å²) in [5.41, 5.74) is 4.35. The predicted molar refractivity (Wildman–Crippen MR) is 123 cm³/mol. The van der Waals surface area contributed by atoms with Crippen molar-refractivity contribution in [2.45, 2.75) is 20.5 Å². The molecule has 3 aromatic carbocycles. The number of halogens is 3. The van der Waals surface area contributed by atoms with E-state index < -0.39 is 17.6 Å². The zero-order chi connectivity index (χ0) is 23.7. The van der Waals surface area contributed by atoms with Crippen LogP contribution in [0, 0.1) is 25.5 Å². The molecule has 1 aromatic heterocycles. The second kappa shape index (κ2) is 9.08. The van der Waals surface area contributed by atoms with E-state index in [2.05, 4.69) is 0 Å². The first kappa shape index (κ1) is 22.6. The average Bonchev–Trinajstić information content (AvgIpc) is 3.16. The van der Waals surface area contributed by atoms with Crippen molar-refractivity contribution in [1.29, 1.82) is 0 Å². The highest BCUT2D eigenvalue weighted by Crippen LogP contribution is 2.36. The van der Waals surface area contributed by atoms with E-state index in [9.17, 15) is 18.7 Å². The van der Waals surface area contributed by atoms with Gasteiger partial charge in [-0.15, -0.1) is 0 Å². The molecule has 168 valence electrons. The van der Waals surface area contributed by atoms with E-state index in [1.165, 1.54) is 6.07 Å². The Balaban J connectivity index is 1.76. The Morgan fingerprint density at radius 3 is 2.48 bits per heavy atom. The molecule has 1 heterocycles. The Hall–Kier alpha value is -3.64. The van der Waals surface area contributed by atoms with E-state index in [1.807, 2.05) is 29.7 Å². The van der Waals surface area contributed by atoms with Gasteiger partial charge in [-0.05, 0) is 79.6 Å². The highest BCUT2D eigenvalue weighted by Gasteiger charge is 2.17. The molecule has 0 bridgehead atoms. The Labute approximate surface area is 194 Å². The fourth-order valence-corrected chi connectivity index (χ4v) is 3.86. The van der Waals surface area contributed by atoms with Crippen LogP contribution >= 0.6 is 11.6 Å². The maximum absolute atomic E-state index is 13.6. The molecule has 0 radical (unpaired) electrons. The van der Waals surface area contributed by atoms with E-state index in [1.54, 1.807) is 37.3 Å². The number of aromatic nitrogens is 1.